The van der Waals surface area contributed by atoms with Crippen LogP contribution < -0.4 is 4.90 Å². The molecular formula is C49H34N2O. The highest BCUT2D eigenvalue weighted by atomic mass is 16.3. The van der Waals surface area contributed by atoms with Crippen LogP contribution in [-0.4, -0.2) is 4.57 Å². The maximum absolute atomic E-state index is 6.26. The fourth-order valence-electron chi connectivity index (χ4n) is 8.82. The van der Waals surface area contributed by atoms with E-state index >= 15 is 0 Å². The van der Waals surface area contributed by atoms with E-state index in [-0.39, 0.29) is 5.41 Å². The van der Waals surface area contributed by atoms with Gasteiger partial charge in [-0.05, 0) is 114 Å². The molecule has 0 bridgehead atoms. The Morgan fingerprint density at radius 1 is 0.519 bits per heavy atom. The highest BCUT2D eigenvalue weighted by molar-refractivity contribution is 6.10. The molecule has 7 aromatic carbocycles. The monoisotopic (exact) mass is 666 g/mol. The normalized spacial score (nSPS) is 16.6. The Balaban J connectivity index is 1.03. The van der Waals surface area contributed by atoms with Gasteiger partial charge in [-0.3, -0.25) is 0 Å². The van der Waals surface area contributed by atoms with Crippen LogP contribution in [0.15, 0.2) is 186 Å². The standard InChI is InChI=1S/C49H34N2O/c1-49-27-10-9-20-48(49)51(37-15-11-12-32(28-37)35-22-25-41-40-17-6-8-19-46(40)52-47(41)31-35)44-26-23-33(29-42(44)49)34-21-24-39-38-16-5-7-18-43(38)50(45(39)30-34)36-13-3-2-4-14-36/h2-26,28-31H,27H2,1H3. The summed E-state index contributed by atoms with van der Waals surface area (Å²) in [7, 11) is 0. The lowest BCUT2D eigenvalue weighted by Gasteiger charge is -2.31. The van der Waals surface area contributed by atoms with Gasteiger partial charge < -0.3 is 13.9 Å². The molecule has 11 rings (SSSR count). The van der Waals surface area contributed by atoms with Gasteiger partial charge in [0.2, 0.25) is 0 Å². The van der Waals surface area contributed by atoms with Crippen LogP contribution in [0.25, 0.3) is 71.7 Å². The van der Waals surface area contributed by atoms with Crippen molar-refractivity contribution in [1.29, 1.82) is 0 Å². The van der Waals surface area contributed by atoms with Crippen LogP contribution in [0, 0.1) is 0 Å². The first kappa shape index (κ1) is 29.2. The molecule has 52 heavy (non-hydrogen) atoms. The molecule has 0 saturated heterocycles. The zero-order valence-corrected chi connectivity index (χ0v) is 28.8. The van der Waals surface area contributed by atoms with Gasteiger partial charge in [0.15, 0.2) is 0 Å². The number of nitrogens with zero attached hydrogens (tertiary/aromatic N) is 2. The first-order valence-corrected chi connectivity index (χ1v) is 18.1. The summed E-state index contributed by atoms with van der Waals surface area (Å²) in [5.74, 6) is 0. The number of benzene rings is 7. The van der Waals surface area contributed by atoms with Gasteiger partial charge >= 0.3 is 0 Å². The number of fused-ring (bicyclic) bond motifs is 9. The number of hydrogen-bond acceptors (Lipinski definition) is 2. The molecule has 1 aliphatic heterocycles. The van der Waals surface area contributed by atoms with Crippen molar-refractivity contribution in [2.24, 2.45) is 0 Å². The maximum Gasteiger partial charge on any atom is 0.136 e. The van der Waals surface area contributed by atoms with E-state index in [0.717, 1.165) is 39.6 Å². The SMILES string of the molecule is CC12CC=CC=C1N(c1cccc(-c3ccc4c(c3)oc3ccccc34)c1)c1ccc(-c3ccc4c5ccccc5n(-c5ccccc5)c4c3)cc12. The molecule has 0 spiro atoms. The number of rotatable bonds is 4. The minimum absolute atomic E-state index is 0.147. The third-order valence-electron chi connectivity index (χ3n) is 11.4. The molecule has 3 heterocycles. The van der Waals surface area contributed by atoms with E-state index in [2.05, 4.69) is 180 Å². The third-order valence-corrected chi connectivity index (χ3v) is 11.4. The van der Waals surface area contributed by atoms with Crippen LogP contribution in [0.5, 0.6) is 0 Å². The molecule has 0 fully saturated rings. The van der Waals surface area contributed by atoms with Crippen molar-refractivity contribution in [2.75, 3.05) is 4.90 Å². The lowest BCUT2D eigenvalue weighted by Crippen LogP contribution is -2.26. The molecule has 9 aromatic rings. The Morgan fingerprint density at radius 2 is 1.19 bits per heavy atom. The third kappa shape index (κ3) is 4.20. The predicted octanol–water partition coefficient (Wildman–Crippen LogP) is 13.3. The van der Waals surface area contributed by atoms with E-state index < -0.39 is 0 Å². The fraction of sp³-hybridized carbons (Fsp3) is 0.0612. The van der Waals surface area contributed by atoms with E-state index in [0.29, 0.717) is 0 Å². The van der Waals surface area contributed by atoms with Crippen molar-refractivity contribution in [1.82, 2.24) is 4.57 Å². The molecule has 2 aliphatic rings. The Labute approximate surface area is 302 Å². The zero-order valence-electron chi connectivity index (χ0n) is 28.8. The molecule has 0 N–H and O–H groups in total. The second-order valence-corrected chi connectivity index (χ2v) is 14.4. The van der Waals surface area contributed by atoms with Crippen LogP contribution in [0.2, 0.25) is 0 Å². The summed E-state index contributed by atoms with van der Waals surface area (Å²) < 4.78 is 8.66. The summed E-state index contributed by atoms with van der Waals surface area (Å²) in [5, 5.41) is 4.84. The second kappa shape index (κ2) is 11.0. The average molecular weight is 667 g/mol. The number of anilines is 2. The van der Waals surface area contributed by atoms with E-state index in [1.165, 1.54) is 61.1 Å². The molecule has 246 valence electrons. The predicted molar refractivity (Wildman–Crippen MR) is 217 cm³/mol. The van der Waals surface area contributed by atoms with Gasteiger partial charge in [-0.25, -0.2) is 0 Å². The van der Waals surface area contributed by atoms with E-state index in [1.54, 1.807) is 0 Å². The lowest BCUT2D eigenvalue weighted by molar-refractivity contribution is 0.577. The van der Waals surface area contributed by atoms with Crippen molar-refractivity contribution in [2.45, 2.75) is 18.8 Å². The van der Waals surface area contributed by atoms with E-state index in [9.17, 15) is 0 Å². The van der Waals surface area contributed by atoms with E-state index in [1.807, 2.05) is 12.1 Å². The average Bonchev–Trinajstić information content (AvgIpc) is 3.83. The van der Waals surface area contributed by atoms with Gasteiger partial charge in [0, 0.05) is 44.0 Å². The summed E-state index contributed by atoms with van der Waals surface area (Å²) in [6.07, 6.45) is 7.79. The minimum atomic E-state index is -0.147. The molecule has 3 heteroatoms. The Bertz CT molecular complexity index is 2960. The number of allylic oxidation sites excluding steroid dienone is 4. The van der Waals surface area contributed by atoms with Crippen molar-refractivity contribution in [3.8, 4) is 27.9 Å². The number of para-hydroxylation sites is 3. The van der Waals surface area contributed by atoms with Gasteiger partial charge in [-0.2, -0.15) is 0 Å². The van der Waals surface area contributed by atoms with Crippen molar-refractivity contribution < 1.29 is 4.42 Å². The summed E-state index contributed by atoms with van der Waals surface area (Å²) in [6, 6.07) is 57.3. The van der Waals surface area contributed by atoms with Crippen LogP contribution >= 0.6 is 0 Å². The highest BCUT2D eigenvalue weighted by Gasteiger charge is 2.44. The van der Waals surface area contributed by atoms with Gasteiger partial charge in [-0.15, -0.1) is 0 Å². The van der Waals surface area contributed by atoms with Crippen molar-refractivity contribution >= 4 is 55.1 Å². The van der Waals surface area contributed by atoms with Gasteiger partial charge in [0.25, 0.3) is 0 Å². The maximum atomic E-state index is 6.26. The topological polar surface area (TPSA) is 21.3 Å². The summed E-state index contributed by atoms with van der Waals surface area (Å²) in [6.45, 7) is 2.40. The Hall–Kier alpha value is -6.58. The summed E-state index contributed by atoms with van der Waals surface area (Å²) >= 11 is 0. The zero-order chi connectivity index (χ0) is 34.4. The Kier molecular flexibility index (Phi) is 6.15. The van der Waals surface area contributed by atoms with Gasteiger partial charge in [0.1, 0.15) is 11.2 Å². The largest absolute Gasteiger partial charge is 0.456 e. The summed E-state index contributed by atoms with van der Waals surface area (Å²) in [5.41, 5.74) is 15.1. The van der Waals surface area contributed by atoms with Gasteiger partial charge in [-0.1, -0.05) is 103 Å². The molecule has 0 radical (unpaired) electrons. The fourth-order valence-corrected chi connectivity index (χ4v) is 8.82. The molecule has 1 aliphatic carbocycles. The van der Waals surface area contributed by atoms with Crippen molar-refractivity contribution in [3.63, 3.8) is 0 Å². The van der Waals surface area contributed by atoms with Crippen LogP contribution in [0.3, 0.4) is 0 Å². The molecule has 0 amide bonds. The Morgan fingerprint density at radius 3 is 2.10 bits per heavy atom. The molecule has 1 unspecified atom stereocenters. The first-order chi connectivity index (χ1) is 25.6. The molecular weight excluding hydrogens is 633 g/mol. The number of hydrogen-bond donors (Lipinski definition) is 0. The minimum Gasteiger partial charge on any atom is -0.456 e. The smallest absolute Gasteiger partial charge is 0.136 e. The molecule has 2 aromatic heterocycles. The molecule has 3 nitrogen and oxygen atoms in total. The van der Waals surface area contributed by atoms with E-state index in [4.69, 9.17) is 4.42 Å². The van der Waals surface area contributed by atoms with Crippen LogP contribution in [0.4, 0.5) is 11.4 Å². The van der Waals surface area contributed by atoms with Crippen molar-refractivity contribution in [3.05, 3.63) is 187 Å². The lowest BCUT2D eigenvalue weighted by atomic mass is 9.76. The van der Waals surface area contributed by atoms with Crippen LogP contribution in [0.1, 0.15) is 18.9 Å². The molecule has 1 atom stereocenters. The number of aromatic nitrogens is 1. The summed E-state index contributed by atoms with van der Waals surface area (Å²) in [4.78, 5) is 2.47. The van der Waals surface area contributed by atoms with Crippen LogP contribution in [-0.2, 0) is 5.41 Å². The van der Waals surface area contributed by atoms with Gasteiger partial charge in [0.05, 0.1) is 16.7 Å². The quantitative estimate of drug-likeness (QED) is 0.186. The second-order valence-electron chi connectivity index (χ2n) is 14.4. The number of furan rings is 1. The first-order valence-electron chi connectivity index (χ1n) is 18.1. The molecule has 0 saturated carbocycles. The highest BCUT2D eigenvalue weighted by Crippen LogP contribution is 2.55.